The normalized spacial score (nSPS) is 35.3. The maximum Gasteiger partial charge on any atom is 0.0702 e. The van der Waals surface area contributed by atoms with E-state index in [-0.39, 0.29) is 0 Å². The fraction of sp³-hybridized carbons (Fsp3) is 1.00. The van der Waals surface area contributed by atoms with E-state index in [4.69, 9.17) is 4.74 Å². The summed E-state index contributed by atoms with van der Waals surface area (Å²) < 4.78 is 5.90. The Kier molecular flexibility index (Phi) is 5.26. The Labute approximate surface area is 106 Å². The number of piperidine rings is 1. The van der Waals surface area contributed by atoms with Crippen LogP contribution in [0.2, 0.25) is 0 Å². The van der Waals surface area contributed by atoms with E-state index in [0.29, 0.717) is 6.10 Å². The predicted octanol–water partition coefficient (Wildman–Crippen LogP) is 1.73. The second kappa shape index (κ2) is 6.72. The van der Waals surface area contributed by atoms with Crippen molar-refractivity contribution in [1.29, 1.82) is 0 Å². The van der Waals surface area contributed by atoms with Crippen LogP contribution in [0.4, 0.5) is 0 Å². The zero-order chi connectivity index (χ0) is 12.1. The van der Waals surface area contributed by atoms with Gasteiger partial charge in [-0.25, -0.2) is 0 Å². The molecule has 3 atom stereocenters. The third-order valence-corrected chi connectivity index (χ3v) is 4.19. The van der Waals surface area contributed by atoms with Gasteiger partial charge in [0.1, 0.15) is 0 Å². The molecule has 2 saturated heterocycles. The van der Waals surface area contributed by atoms with Crippen LogP contribution in [0, 0.1) is 11.8 Å². The summed E-state index contributed by atoms with van der Waals surface area (Å²) in [6, 6.07) is 0. The molecule has 0 saturated carbocycles. The van der Waals surface area contributed by atoms with Crippen molar-refractivity contribution < 1.29 is 4.74 Å². The minimum Gasteiger partial charge on any atom is -0.377 e. The Morgan fingerprint density at radius 2 is 2.24 bits per heavy atom. The van der Waals surface area contributed by atoms with Crippen LogP contribution in [0.15, 0.2) is 0 Å². The molecule has 0 amide bonds. The van der Waals surface area contributed by atoms with E-state index in [1.165, 1.54) is 39.0 Å². The molecule has 0 bridgehead atoms. The summed E-state index contributed by atoms with van der Waals surface area (Å²) in [6.07, 6.45) is 4.20. The highest BCUT2D eigenvalue weighted by molar-refractivity contribution is 4.83. The van der Waals surface area contributed by atoms with Gasteiger partial charge in [0.05, 0.1) is 6.10 Å². The monoisotopic (exact) mass is 240 g/mol. The molecule has 0 aromatic heterocycles. The largest absolute Gasteiger partial charge is 0.377 e. The molecule has 0 aromatic rings. The zero-order valence-corrected chi connectivity index (χ0v) is 11.5. The number of hydrogen-bond donors (Lipinski definition) is 1. The van der Waals surface area contributed by atoms with Gasteiger partial charge in [0.25, 0.3) is 0 Å². The summed E-state index contributed by atoms with van der Waals surface area (Å²) in [5, 5.41) is 3.50. The maximum absolute atomic E-state index is 5.90. The Morgan fingerprint density at radius 3 is 2.94 bits per heavy atom. The van der Waals surface area contributed by atoms with Crippen molar-refractivity contribution >= 4 is 0 Å². The first kappa shape index (κ1) is 13.3. The molecule has 0 aromatic carbocycles. The molecule has 2 aliphatic rings. The summed E-state index contributed by atoms with van der Waals surface area (Å²) in [6.45, 7) is 11.6. The van der Waals surface area contributed by atoms with Gasteiger partial charge in [0.2, 0.25) is 0 Å². The highest BCUT2D eigenvalue weighted by Gasteiger charge is 2.27. The number of nitrogens with one attached hydrogen (secondary N) is 1. The minimum absolute atomic E-state index is 0.494. The van der Waals surface area contributed by atoms with Gasteiger partial charge in [0.15, 0.2) is 0 Å². The third kappa shape index (κ3) is 3.94. The Bertz CT molecular complexity index is 222. The topological polar surface area (TPSA) is 24.5 Å². The van der Waals surface area contributed by atoms with Crippen LogP contribution < -0.4 is 5.32 Å². The lowest BCUT2D eigenvalue weighted by molar-refractivity contribution is -0.00444. The van der Waals surface area contributed by atoms with Gasteiger partial charge in [0, 0.05) is 19.7 Å². The second-order valence-corrected chi connectivity index (χ2v) is 5.79. The van der Waals surface area contributed by atoms with Gasteiger partial charge in [-0.3, -0.25) is 0 Å². The van der Waals surface area contributed by atoms with E-state index in [2.05, 4.69) is 24.1 Å². The average Bonchev–Trinajstić information content (AvgIpc) is 2.73. The molecular weight excluding hydrogens is 212 g/mol. The van der Waals surface area contributed by atoms with E-state index < -0.39 is 0 Å². The molecule has 3 heteroatoms. The van der Waals surface area contributed by atoms with E-state index in [9.17, 15) is 0 Å². The quantitative estimate of drug-likeness (QED) is 0.792. The van der Waals surface area contributed by atoms with E-state index in [1.54, 1.807) is 0 Å². The summed E-state index contributed by atoms with van der Waals surface area (Å²) in [5.74, 6) is 1.69. The van der Waals surface area contributed by atoms with Crippen LogP contribution in [0.25, 0.3) is 0 Å². The van der Waals surface area contributed by atoms with Gasteiger partial charge in [-0.15, -0.1) is 0 Å². The van der Waals surface area contributed by atoms with Crippen molar-refractivity contribution in [1.82, 2.24) is 10.2 Å². The molecule has 3 unspecified atom stereocenters. The van der Waals surface area contributed by atoms with Crippen molar-refractivity contribution in [2.45, 2.75) is 39.2 Å². The van der Waals surface area contributed by atoms with Crippen LogP contribution in [-0.4, -0.2) is 50.3 Å². The van der Waals surface area contributed by atoms with Crippen LogP contribution in [-0.2, 0) is 4.74 Å². The predicted molar refractivity (Wildman–Crippen MR) is 71.2 cm³/mol. The molecule has 2 fully saturated rings. The molecule has 2 heterocycles. The molecular formula is C14H28N2O. The summed E-state index contributed by atoms with van der Waals surface area (Å²) in [7, 11) is 0. The number of likely N-dealkylation sites (tertiary alicyclic amines) is 1. The van der Waals surface area contributed by atoms with Crippen molar-refractivity contribution in [3.05, 3.63) is 0 Å². The Morgan fingerprint density at radius 1 is 1.35 bits per heavy atom. The van der Waals surface area contributed by atoms with Crippen LogP contribution in [0.3, 0.4) is 0 Å². The number of rotatable bonds is 5. The SMILES string of the molecule is CCCOC1CCCN(CC2CNCC2C)C1. The van der Waals surface area contributed by atoms with E-state index in [1.807, 2.05) is 0 Å². The molecule has 1 N–H and O–H groups in total. The van der Waals surface area contributed by atoms with E-state index in [0.717, 1.165) is 31.4 Å². The molecule has 3 nitrogen and oxygen atoms in total. The lowest BCUT2D eigenvalue weighted by atomic mass is 9.96. The fourth-order valence-electron chi connectivity index (χ4n) is 3.04. The molecule has 0 aliphatic carbocycles. The number of nitrogens with zero attached hydrogens (tertiary/aromatic N) is 1. The van der Waals surface area contributed by atoms with Crippen molar-refractivity contribution in [2.24, 2.45) is 11.8 Å². The van der Waals surface area contributed by atoms with Crippen LogP contribution in [0.1, 0.15) is 33.1 Å². The first-order chi connectivity index (χ1) is 8.29. The number of ether oxygens (including phenoxy) is 1. The average molecular weight is 240 g/mol. The summed E-state index contributed by atoms with van der Waals surface area (Å²) >= 11 is 0. The van der Waals surface area contributed by atoms with E-state index >= 15 is 0 Å². The Balaban J connectivity index is 1.73. The van der Waals surface area contributed by atoms with Gasteiger partial charge in [-0.05, 0) is 50.7 Å². The van der Waals surface area contributed by atoms with Crippen LogP contribution in [0.5, 0.6) is 0 Å². The first-order valence-corrected chi connectivity index (χ1v) is 7.34. The smallest absolute Gasteiger partial charge is 0.0702 e. The minimum atomic E-state index is 0.494. The zero-order valence-electron chi connectivity index (χ0n) is 11.5. The first-order valence-electron chi connectivity index (χ1n) is 7.34. The summed E-state index contributed by atoms with van der Waals surface area (Å²) in [4.78, 5) is 2.62. The van der Waals surface area contributed by atoms with Crippen molar-refractivity contribution in [3.63, 3.8) is 0 Å². The highest BCUT2D eigenvalue weighted by atomic mass is 16.5. The van der Waals surface area contributed by atoms with Gasteiger partial charge in [-0.1, -0.05) is 13.8 Å². The van der Waals surface area contributed by atoms with Gasteiger partial charge in [-0.2, -0.15) is 0 Å². The lowest BCUT2D eigenvalue weighted by Gasteiger charge is -2.34. The molecule has 0 spiro atoms. The molecule has 0 radical (unpaired) electrons. The lowest BCUT2D eigenvalue weighted by Crippen LogP contribution is -2.43. The molecule has 2 aliphatic heterocycles. The summed E-state index contributed by atoms with van der Waals surface area (Å²) in [5.41, 5.74) is 0. The fourth-order valence-corrected chi connectivity index (χ4v) is 3.04. The number of hydrogen-bond acceptors (Lipinski definition) is 3. The van der Waals surface area contributed by atoms with Gasteiger partial charge < -0.3 is 15.0 Å². The maximum atomic E-state index is 5.90. The standard InChI is InChI=1S/C14H28N2O/c1-3-7-17-14-5-4-6-16(11-14)10-13-9-15-8-12(13)2/h12-15H,3-11H2,1-2H3. The molecule has 2 rings (SSSR count). The van der Waals surface area contributed by atoms with Crippen molar-refractivity contribution in [3.8, 4) is 0 Å². The van der Waals surface area contributed by atoms with Crippen LogP contribution >= 0.6 is 0 Å². The highest BCUT2D eigenvalue weighted by Crippen LogP contribution is 2.20. The molecule has 17 heavy (non-hydrogen) atoms. The third-order valence-electron chi connectivity index (χ3n) is 4.19. The van der Waals surface area contributed by atoms with Crippen molar-refractivity contribution in [2.75, 3.05) is 39.3 Å². The Hall–Kier alpha value is -0.120. The molecule has 100 valence electrons. The van der Waals surface area contributed by atoms with Gasteiger partial charge >= 0.3 is 0 Å². The second-order valence-electron chi connectivity index (χ2n) is 5.79.